The second-order valence-electron chi connectivity index (χ2n) is 25.2. The van der Waals surface area contributed by atoms with Crippen molar-refractivity contribution in [1.29, 1.82) is 0 Å². The molecule has 11 heterocycles. The smallest absolute Gasteiger partial charge is 0.411 e. The van der Waals surface area contributed by atoms with E-state index in [1.165, 1.54) is 0 Å². The zero-order valence-electron chi connectivity index (χ0n) is 58.2. The lowest BCUT2D eigenvalue weighted by Crippen LogP contribution is -2.44. The van der Waals surface area contributed by atoms with Gasteiger partial charge in [0, 0.05) is 120 Å². The highest BCUT2D eigenvalue weighted by Crippen LogP contribution is 2.31. The Morgan fingerprint density at radius 1 is 0.626 bits per heavy atom. The van der Waals surface area contributed by atoms with Crippen molar-refractivity contribution < 1.29 is 37.7 Å². The second kappa shape index (κ2) is 32.7. The van der Waals surface area contributed by atoms with Crippen LogP contribution in [0.5, 0.6) is 5.88 Å². The van der Waals surface area contributed by atoms with Crippen molar-refractivity contribution in [3.63, 3.8) is 0 Å². The summed E-state index contributed by atoms with van der Waals surface area (Å²) in [5, 5.41) is 32.6. The van der Waals surface area contributed by atoms with Gasteiger partial charge < -0.3 is 66.1 Å². The molecule has 10 aromatic rings. The summed E-state index contributed by atoms with van der Waals surface area (Å²) in [7, 11) is 7.99. The van der Waals surface area contributed by atoms with E-state index in [0.29, 0.717) is 46.2 Å². The Kier molecular flexibility index (Phi) is 24.3. The lowest BCUT2D eigenvalue weighted by Gasteiger charge is -2.35. The molecule has 4 aliphatic heterocycles. The molecule has 2 amide bonds. The Morgan fingerprint density at radius 3 is 1.60 bits per heavy atom. The van der Waals surface area contributed by atoms with E-state index in [4.69, 9.17) is 31.5 Å². The number of halogens is 3. The number of nitrogen functional groups attached to an aromatic ring is 1. The molecule has 0 aliphatic carbocycles. The number of carbonyl (C=O) groups excluding carboxylic acids is 2. The number of ether oxygens (including phenoxy) is 1. The number of piperazine rings is 3. The average Bonchev–Trinajstić information content (AvgIpc) is 1.74. The zero-order valence-corrected chi connectivity index (χ0v) is 58.2. The number of primary amides is 1. The van der Waals surface area contributed by atoms with Gasteiger partial charge in [-0.25, -0.2) is 18.5 Å². The quantitative estimate of drug-likeness (QED) is 0.0799. The number of H-pyrrole nitrogens is 1. The zero-order chi connectivity index (χ0) is 71.4. The van der Waals surface area contributed by atoms with Crippen molar-refractivity contribution >= 4 is 62.0 Å². The van der Waals surface area contributed by atoms with Gasteiger partial charge in [0.15, 0.2) is 5.82 Å². The molecule has 29 heteroatoms. The standard InChI is InChI=1S/C22H26N6O.C21H23N7O.C12H18N4O.C9H11N3O.C4H10O.C2H3F3O/c1-14-13-28-21(15(2)23-14)12-20(25-28)19-10-16-4-5-17(11-18(16)22(29)24-19)27-8-6-26(3)7-9-27;1-13-12-28-19(14(2)22-13)11-18(25-28)20-23-17-5-4-15(10-16(17)21(29)24-20)27-8-6-26(3)7-9-27;1-15-4-6-16(7-5-15)9-2-3-11(13)10(8-9)12(14)17;1-6-5-12-8(7(2)10-6)4-9(11-12)13-3;1-2-3-4-5;3-2(4,5)1-6/h4-5,11-13,19H,6-10H2,1-3H3,(H,24,29);4-5,10-12H,6-9H2,1-3H3,(H,23,24,29);2-3,8H,4-7,13H2,1H3,(H2,14,17);4-5H,1-3H3;5H,2-4H2,1H3;6H,1H2. The molecular formula is C70H91F3N20O6. The Labute approximate surface area is 573 Å². The molecule has 0 spiro atoms. The number of hydrogen-bond acceptors (Lipinski definition) is 20. The number of methoxy groups -OCH3 is 1. The van der Waals surface area contributed by atoms with Gasteiger partial charge in [0.2, 0.25) is 5.88 Å². The van der Waals surface area contributed by atoms with Crippen molar-refractivity contribution in [1.82, 2.24) is 73.8 Å². The molecule has 528 valence electrons. The fourth-order valence-corrected chi connectivity index (χ4v) is 11.8. The molecule has 0 radical (unpaired) electrons. The molecule has 8 N–H and O–H groups in total. The lowest BCUT2D eigenvalue weighted by atomic mass is 9.93. The third-order valence-electron chi connectivity index (χ3n) is 17.4. The van der Waals surface area contributed by atoms with E-state index in [2.05, 4.69) is 110 Å². The summed E-state index contributed by atoms with van der Waals surface area (Å²) in [5.74, 6) is 0.597. The van der Waals surface area contributed by atoms with E-state index in [1.807, 2.05) is 113 Å². The van der Waals surface area contributed by atoms with Crippen molar-refractivity contribution in [3.8, 4) is 17.4 Å². The highest BCUT2D eigenvalue weighted by molar-refractivity contribution is 5.99. The molecule has 3 aromatic carbocycles. The van der Waals surface area contributed by atoms with Crippen molar-refractivity contribution in [3.05, 3.63) is 158 Å². The molecule has 3 fully saturated rings. The van der Waals surface area contributed by atoms with Gasteiger partial charge in [-0.15, -0.1) is 5.10 Å². The summed E-state index contributed by atoms with van der Waals surface area (Å²) in [4.78, 5) is 71.7. The van der Waals surface area contributed by atoms with Crippen LogP contribution in [0.1, 0.15) is 91.9 Å². The average molecular weight is 1370 g/mol. The fraction of sp³-hybridized carbons (Fsp3) is 0.429. The number of fused-ring (bicyclic) bond motifs is 5. The van der Waals surface area contributed by atoms with E-state index in [0.717, 1.165) is 182 Å². The number of nitrogens with zero attached hydrogens (tertiary/aromatic N) is 16. The van der Waals surface area contributed by atoms with Gasteiger partial charge in [-0.05, 0) is 142 Å². The van der Waals surface area contributed by atoms with Gasteiger partial charge >= 0.3 is 6.18 Å². The third-order valence-corrected chi connectivity index (χ3v) is 17.4. The number of unbranched alkanes of at least 4 members (excludes halogenated alkanes) is 1. The summed E-state index contributed by atoms with van der Waals surface area (Å²) in [5.41, 5.74) is 27.4. The van der Waals surface area contributed by atoms with Crippen LogP contribution in [0.25, 0.3) is 39.0 Å². The molecule has 0 bridgehead atoms. The molecule has 99 heavy (non-hydrogen) atoms. The minimum atomic E-state index is -4.40. The van der Waals surface area contributed by atoms with E-state index >= 15 is 0 Å². The van der Waals surface area contributed by atoms with E-state index < -0.39 is 18.7 Å². The van der Waals surface area contributed by atoms with Gasteiger partial charge in [0.25, 0.3) is 17.4 Å². The highest BCUT2D eigenvalue weighted by Gasteiger charge is 2.29. The SMILES string of the molecule is CCCCO.CN1CCN(c2ccc(N)c(C(N)=O)c2)CC1.COc1cc2c(C)nc(C)cn2n1.Cc1cn2nc(-c3nc4ccc(N5CCN(C)CC5)cc4c(=O)[nH]3)cc2c(C)n1.Cc1cn2nc(C3Cc4ccc(N5CCN(C)CC5)cc4C(=O)N3)cc2c(C)n1.OCC(F)(F)F. The predicted octanol–water partition coefficient (Wildman–Crippen LogP) is 6.92. The summed E-state index contributed by atoms with van der Waals surface area (Å²) >= 11 is 0. The number of hydrogen-bond donors (Lipinski definition) is 6. The molecule has 3 saturated heterocycles. The van der Waals surface area contributed by atoms with Crippen LogP contribution in [-0.4, -0.2) is 217 Å². The number of aryl methyl sites for hydroxylation is 6. The molecule has 1 unspecified atom stereocenters. The Morgan fingerprint density at radius 2 is 1.10 bits per heavy atom. The number of aliphatic hydroxyl groups is 2. The normalized spacial score (nSPS) is 15.9. The molecule has 7 aromatic heterocycles. The molecule has 4 aliphatic rings. The first kappa shape index (κ1) is 73.4. The van der Waals surface area contributed by atoms with Crippen LogP contribution >= 0.6 is 0 Å². The Hall–Kier alpha value is -9.81. The van der Waals surface area contributed by atoms with Crippen LogP contribution in [0, 0.1) is 41.5 Å². The molecule has 1 atom stereocenters. The minimum absolute atomic E-state index is 0.0182. The summed E-state index contributed by atoms with van der Waals surface area (Å²) < 4.78 is 42.1. The maximum absolute atomic E-state index is 12.9. The van der Waals surface area contributed by atoms with Crippen LogP contribution in [0.4, 0.5) is 35.9 Å². The Bertz CT molecular complexity index is 4490. The molecular weight excluding hydrogens is 1270 g/mol. The minimum Gasteiger partial charge on any atom is -0.480 e. The molecule has 0 saturated carbocycles. The van der Waals surface area contributed by atoms with Gasteiger partial charge in [-0.2, -0.15) is 23.4 Å². The number of likely N-dealkylation sites (N-methyl/N-ethyl adjacent to an activating group) is 3. The number of carbonyl (C=O) groups is 2. The number of aromatic amines is 1. The van der Waals surface area contributed by atoms with Gasteiger partial charge in [0.1, 0.15) is 12.3 Å². The van der Waals surface area contributed by atoms with Crippen LogP contribution < -0.4 is 41.8 Å². The number of aromatic nitrogens is 11. The van der Waals surface area contributed by atoms with E-state index in [9.17, 15) is 27.6 Å². The second-order valence-corrected chi connectivity index (χ2v) is 25.2. The first-order chi connectivity index (χ1) is 47.2. The van der Waals surface area contributed by atoms with Crippen LogP contribution in [0.15, 0.2) is 96.2 Å². The summed E-state index contributed by atoms with van der Waals surface area (Å²) in [6.07, 6.45) is 4.06. The maximum Gasteiger partial charge on any atom is 0.411 e. The molecule has 26 nitrogen and oxygen atoms in total. The number of anilines is 4. The van der Waals surface area contributed by atoms with Gasteiger partial charge in [-0.1, -0.05) is 19.4 Å². The largest absolute Gasteiger partial charge is 0.480 e. The third kappa shape index (κ3) is 18.9. The number of benzene rings is 3. The van der Waals surface area contributed by atoms with Gasteiger partial charge in [0.05, 0.1) is 105 Å². The first-order valence-electron chi connectivity index (χ1n) is 33.0. The number of alkyl halides is 3. The van der Waals surface area contributed by atoms with Crippen molar-refractivity contribution in [2.24, 2.45) is 5.73 Å². The number of rotatable bonds is 9. The Balaban J connectivity index is 0.000000152. The topological polar surface area (TPSA) is 304 Å². The van der Waals surface area contributed by atoms with E-state index in [-0.39, 0.29) is 17.5 Å². The number of amides is 2. The fourth-order valence-electron chi connectivity index (χ4n) is 11.8. The van der Waals surface area contributed by atoms with Crippen molar-refractivity contribution in [2.75, 3.05) is 140 Å². The maximum atomic E-state index is 12.9. The van der Waals surface area contributed by atoms with Crippen LogP contribution in [-0.2, 0) is 6.42 Å². The highest BCUT2D eigenvalue weighted by atomic mass is 19.4. The monoisotopic (exact) mass is 1360 g/mol. The molecule has 14 rings (SSSR count). The van der Waals surface area contributed by atoms with Gasteiger partial charge in [-0.3, -0.25) is 29.3 Å². The lowest BCUT2D eigenvalue weighted by molar-refractivity contribution is -0.159. The summed E-state index contributed by atoms with van der Waals surface area (Å²) in [6, 6.07) is 23.4. The van der Waals surface area contributed by atoms with Crippen LogP contribution in [0.2, 0.25) is 0 Å². The van der Waals surface area contributed by atoms with E-state index in [1.54, 1.807) is 28.3 Å². The van der Waals surface area contributed by atoms with Crippen LogP contribution in [0.3, 0.4) is 0 Å². The summed E-state index contributed by atoms with van der Waals surface area (Å²) in [6.45, 7) is 24.4. The van der Waals surface area contributed by atoms with Crippen molar-refractivity contribution in [2.45, 2.75) is 79.9 Å². The predicted molar refractivity (Wildman–Crippen MR) is 379 cm³/mol. The number of aliphatic hydroxyl groups excluding tert-OH is 2. The number of nitrogens with two attached hydrogens (primary N) is 2. The number of nitrogens with one attached hydrogen (secondary N) is 2. The first-order valence-corrected chi connectivity index (χ1v) is 33.0.